The molecular formula is C21H32N2O4. The van der Waals surface area contributed by atoms with Gasteiger partial charge in [0, 0.05) is 0 Å². The van der Waals surface area contributed by atoms with Gasteiger partial charge in [-0.15, -0.1) is 0 Å². The van der Waals surface area contributed by atoms with Crippen molar-refractivity contribution in [3.8, 4) is 0 Å². The zero-order valence-electron chi connectivity index (χ0n) is 16.7. The summed E-state index contributed by atoms with van der Waals surface area (Å²) >= 11 is 0. The molecule has 6 nitrogen and oxygen atoms in total. The second kappa shape index (κ2) is 9.74. The fourth-order valence-electron chi connectivity index (χ4n) is 3.39. The van der Waals surface area contributed by atoms with Crippen LogP contribution >= 0.6 is 0 Å². The van der Waals surface area contributed by atoms with Crippen molar-refractivity contribution in [3.63, 3.8) is 0 Å². The van der Waals surface area contributed by atoms with Crippen LogP contribution in [0.5, 0.6) is 0 Å². The highest BCUT2D eigenvalue weighted by molar-refractivity contribution is 5.68. The monoisotopic (exact) mass is 376 g/mol. The molecule has 0 bridgehead atoms. The normalized spacial score (nSPS) is 22.4. The van der Waals surface area contributed by atoms with E-state index >= 15 is 0 Å². The quantitative estimate of drug-likeness (QED) is 0.711. The van der Waals surface area contributed by atoms with Crippen molar-refractivity contribution in [2.24, 2.45) is 0 Å². The molecule has 1 fully saturated rings. The van der Waals surface area contributed by atoms with E-state index in [1.807, 2.05) is 58.0 Å². The average molecular weight is 376 g/mol. The van der Waals surface area contributed by atoms with Crippen LogP contribution in [0.3, 0.4) is 0 Å². The lowest BCUT2D eigenvalue weighted by Gasteiger charge is -2.36. The summed E-state index contributed by atoms with van der Waals surface area (Å²) in [5, 5.41) is 5.78. The Bertz CT molecular complexity index is 600. The van der Waals surface area contributed by atoms with E-state index in [1.54, 1.807) is 0 Å². The van der Waals surface area contributed by atoms with E-state index in [2.05, 4.69) is 10.6 Å². The molecule has 6 heteroatoms. The number of hydrogen-bond acceptors (Lipinski definition) is 4. The summed E-state index contributed by atoms with van der Waals surface area (Å²) in [5.74, 6) is 0. The van der Waals surface area contributed by atoms with Crippen LogP contribution in [0, 0.1) is 0 Å². The van der Waals surface area contributed by atoms with E-state index in [9.17, 15) is 9.59 Å². The molecule has 1 aliphatic rings. The SMILES string of the molecule is C[C@H](NC=O)[C@H](O[C@@H]1CCCC[C@@H]1NC(=O)OC(C)(C)C)c1ccccc1. The summed E-state index contributed by atoms with van der Waals surface area (Å²) in [5.41, 5.74) is 0.463. The molecule has 0 spiro atoms. The predicted octanol–water partition coefficient (Wildman–Crippen LogP) is 3.71. The smallest absolute Gasteiger partial charge is 0.407 e. The maximum atomic E-state index is 12.2. The highest BCUT2D eigenvalue weighted by atomic mass is 16.6. The highest BCUT2D eigenvalue weighted by Gasteiger charge is 2.33. The number of amides is 2. The van der Waals surface area contributed by atoms with Crippen molar-refractivity contribution >= 4 is 12.5 Å². The third-order valence-corrected chi connectivity index (χ3v) is 4.64. The fraction of sp³-hybridized carbons (Fsp3) is 0.619. The van der Waals surface area contributed by atoms with Crippen LogP contribution in [0.2, 0.25) is 0 Å². The van der Waals surface area contributed by atoms with E-state index in [-0.39, 0.29) is 24.3 Å². The molecule has 0 aliphatic heterocycles. The van der Waals surface area contributed by atoms with Crippen molar-refractivity contribution in [1.82, 2.24) is 10.6 Å². The van der Waals surface area contributed by atoms with Crippen molar-refractivity contribution in [2.45, 2.75) is 83.3 Å². The van der Waals surface area contributed by atoms with E-state index in [0.29, 0.717) is 6.41 Å². The van der Waals surface area contributed by atoms with Gasteiger partial charge < -0.3 is 20.1 Å². The summed E-state index contributed by atoms with van der Waals surface area (Å²) < 4.78 is 11.8. The van der Waals surface area contributed by atoms with Gasteiger partial charge in [-0.3, -0.25) is 4.79 Å². The lowest BCUT2D eigenvalue weighted by Crippen LogP contribution is -2.49. The molecule has 2 rings (SSSR count). The summed E-state index contributed by atoms with van der Waals surface area (Å²) in [6, 6.07) is 9.55. The molecule has 150 valence electrons. The predicted molar refractivity (Wildman–Crippen MR) is 104 cm³/mol. The molecule has 1 aliphatic carbocycles. The molecule has 1 aromatic rings. The second-order valence-electron chi connectivity index (χ2n) is 8.12. The molecule has 0 unspecified atom stereocenters. The van der Waals surface area contributed by atoms with E-state index in [0.717, 1.165) is 31.2 Å². The van der Waals surface area contributed by atoms with Gasteiger partial charge in [0.25, 0.3) is 0 Å². The number of hydrogen-bond donors (Lipinski definition) is 2. The van der Waals surface area contributed by atoms with E-state index in [4.69, 9.17) is 9.47 Å². The molecule has 1 aromatic carbocycles. The Balaban J connectivity index is 2.10. The first-order valence-electron chi connectivity index (χ1n) is 9.70. The molecule has 0 saturated heterocycles. The second-order valence-corrected chi connectivity index (χ2v) is 8.12. The third-order valence-electron chi connectivity index (χ3n) is 4.64. The van der Waals surface area contributed by atoms with Gasteiger partial charge in [-0.05, 0) is 46.1 Å². The zero-order valence-corrected chi connectivity index (χ0v) is 16.7. The molecule has 0 heterocycles. The number of carbonyl (C=O) groups is 2. The minimum atomic E-state index is -0.538. The molecule has 27 heavy (non-hydrogen) atoms. The van der Waals surface area contributed by atoms with Crippen LogP contribution in [0.4, 0.5) is 4.79 Å². The Kier molecular flexibility index (Phi) is 7.66. The van der Waals surface area contributed by atoms with Gasteiger partial charge in [0.2, 0.25) is 6.41 Å². The third kappa shape index (κ3) is 6.86. The number of nitrogens with one attached hydrogen (secondary N) is 2. The first-order chi connectivity index (χ1) is 12.8. The molecular weight excluding hydrogens is 344 g/mol. The lowest BCUT2D eigenvalue weighted by molar-refractivity contribution is -0.112. The first kappa shape index (κ1) is 21.2. The Hall–Kier alpha value is -2.08. The summed E-state index contributed by atoms with van der Waals surface area (Å²) in [6.07, 6.45) is 3.65. The largest absolute Gasteiger partial charge is 0.444 e. The number of alkyl carbamates (subject to hydrolysis) is 1. The fourth-order valence-corrected chi connectivity index (χ4v) is 3.39. The molecule has 2 amide bonds. The Labute approximate surface area is 162 Å². The Morgan fingerprint density at radius 2 is 1.85 bits per heavy atom. The minimum Gasteiger partial charge on any atom is -0.444 e. The van der Waals surface area contributed by atoms with Gasteiger partial charge in [0.1, 0.15) is 11.7 Å². The average Bonchev–Trinajstić information content (AvgIpc) is 2.60. The summed E-state index contributed by atoms with van der Waals surface area (Å²) in [4.78, 5) is 23.2. The van der Waals surface area contributed by atoms with Gasteiger partial charge in [0.15, 0.2) is 0 Å². The van der Waals surface area contributed by atoms with Crippen molar-refractivity contribution < 1.29 is 19.1 Å². The van der Waals surface area contributed by atoms with Crippen LogP contribution in [-0.4, -0.2) is 36.3 Å². The number of carbonyl (C=O) groups excluding carboxylic acids is 2. The van der Waals surface area contributed by atoms with E-state index in [1.165, 1.54) is 0 Å². The molecule has 4 atom stereocenters. The Morgan fingerprint density at radius 3 is 2.48 bits per heavy atom. The van der Waals surface area contributed by atoms with Crippen molar-refractivity contribution in [2.75, 3.05) is 0 Å². The van der Waals surface area contributed by atoms with E-state index < -0.39 is 11.7 Å². The highest BCUT2D eigenvalue weighted by Crippen LogP contribution is 2.29. The van der Waals surface area contributed by atoms with Crippen LogP contribution in [0.25, 0.3) is 0 Å². The Morgan fingerprint density at radius 1 is 1.19 bits per heavy atom. The number of rotatable bonds is 7. The molecule has 2 N–H and O–H groups in total. The van der Waals surface area contributed by atoms with Gasteiger partial charge in [-0.1, -0.05) is 43.2 Å². The minimum absolute atomic E-state index is 0.108. The number of ether oxygens (including phenoxy) is 2. The maximum Gasteiger partial charge on any atom is 0.407 e. The molecule has 0 aromatic heterocycles. The van der Waals surface area contributed by atoms with Gasteiger partial charge in [-0.2, -0.15) is 0 Å². The van der Waals surface area contributed by atoms with Crippen LogP contribution < -0.4 is 10.6 Å². The van der Waals surface area contributed by atoms with Gasteiger partial charge >= 0.3 is 6.09 Å². The van der Waals surface area contributed by atoms with Crippen molar-refractivity contribution in [3.05, 3.63) is 35.9 Å². The van der Waals surface area contributed by atoms with Crippen LogP contribution in [0.1, 0.15) is 65.0 Å². The van der Waals surface area contributed by atoms with Gasteiger partial charge in [0.05, 0.1) is 18.2 Å². The standard InChI is InChI=1S/C21H32N2O4/c1-15(22-14-24)19(16-10-6-5-7-11-16)26-18-13-9-8-12-17(18)23-20(25)27-21(2,3)4/h5-7,10-11,14-15,17-19H,8-9,12-13H2,1-4H3,(H,22,24)(H,23,25)/t15-,17-,18+,19-/m0/s1. The number of benzene rings is 1. The van der Waals surface area contributed by atoms with Crippen LogP contribution in [-0.2, 0) is 14.3 Å². The molecule has 1 saturated carbocycles. The topological polar surface area (TPSA) is 76.7 Å². The first-order valence-corrected chi connectivity index (χ1v) is 9.70. The lowest BCUT2D eigenvalue weighted by atomic mass is 9.91. The summed E-state index contributed by atoms with van der Waals surface area (Å²) in [7, 11) is 0. The van der Waals surface area contributed by atoms with Crippen molar-refractivity contribution in [1.29, 1.82) is 0 Å². The van der Waals surface area contributed by atoms with Crippen LogP contribution in [0.15, 0.2) is 30.3 Å². The zero-order chi connectivity index (χ0) is 19.9. The molecule has 0 radical (unpaired) electrons. The maximum absolute atomic E-state index is 12.2. The summed E-state index contributed by atoms with van der Waals surface area (Å²) in [6.45, 7) is 7.46. The van der Waals surface area contributed by atoms with Gasteiger partial charge in [-0.25, -0.2) is 4.79 Å².